The molecule has 0 aliphatic carbocycles. The number of piperidine rings is 1. The van der Waals surface area contributed by atoms with Crippen LogP contribution in [0.25, 0.3) is 0 Å². The number of nitrogens with one attached hydrogen (secondary N) is 1. The van der Waals surface area contributed by atoms with Gasteiger partial charge in [-0.25, -0.2) is 13.2 Å². The van der Waals surface area contributed by atoms with Gasteiger partial charge in [0.25, 0.3) is 0 Å². The van der Waals surface area contributed by atoms with Gasteiger partial charge in [0.05, 0.1) is 6.61 Å². The van der Waals surface area contributed by atoms with E-state index in [1.54, 1.807) is 56.7 Å². The summed E-state index contributed by atoms with van der Waals surface area (Å²) in [6, 6.07) is 6.82. The number of ether oxygens (including phenoxy) is 1. The first-order chi connectivity index (χ1) is 15.1. The molecular formula is C22H28ClN3O5S. The zero-order valence-electron chi connectivity index (χ0n) is 18.6. The van der Waals surface area contributed by atoms with Crippen molar-refractivity contribution in [2.45, 2.75) is 38.5 Å². The van der Waals surface area contributed by atoms with E-state index in [2.05, 4.69) is 5.32 Å². The zero-order chi connectivity index (χ0) is 23.6. The molecule has 3 rings (SSSR count). The van der Waals surface area contributed by atoms with E-state index >= 15 is 0 Å². The maximum absolute atomic E-state index is 13.5. The molecular weight excluding hydrogens is 454 g/mol. The average Bonchev–Trinajstić information content (AvgIpc) is 3.00. The van der Waals surface area contributed by atoms with Crippen LogP contribution in [0.2, 0.25) is 5.02 Å². The fourth-order valence-corrected chi connectivity index (χ4v) is 6.02. The van der Waals surface area contributed by atoms with Crippen molar-refractivity contribution in [1.82, 2.24) is 8.87 Å². The lowest BCUT2D eigenvalue weighted by atomic mass is 9.97. The van der Waals surface area contributed by atoms with Gasteiger partial charge in [0.15, 0.2) is 0 Å². The molecule has 8 nitrogen and oxygen atoms in total. The lowest BCUT2D eigenvalue weighted by Gasteiger charge is -2.30. The molecule has 0 unspecified atom stereocenters. The molecule has 1 fully saturated rings. The smallest absolute Gasteiger partial charge is 0.341 e. The highest BCUT2D eigenvalue weighted by atomic mass is 35.5. The molecule has 1 amide bonds. The number of anilines is 1. The number of aromatic nitrogens is 1. The van der Waals surface area contributed by atoms with Gasteiger partial charge in [-0.2, -0.15) is 4.31 Å². The van der Waals surface area contributed by atoms with Crippen molar-refractivity contribution in [3.63, 3.8) is 0 Å². The van der Waals surface area contributed by atoms with E-state index in [4.69, 9.17) is 16.3 Å². The summed E-state index contributed by atoms with van der Waals surface area (Å²) in [5.74, 6) is -1.10. The van der Waals surface area contributed by atoms with E-state index in [0.29, 0.717) is 34.9 Å². The highest BCUT2D eigenvalue weighted by Gasteiger charge is 2.38. The minimum absolute atomic E-state index is 0.0139. The summed E-state index contributed by atoms with van der Waals surface area (Å²) in [5.41, 5.74) is 1.74. The largest absolute Gasteiger partial charge is 0.462 e. The Hall–Kier alpha value is -2.36. The molecule has 0 atom stereocenters. The number of halogens is 1. The van der Waals surface area contributed by atoms with Crippen molar-refractivity contribution in [2.75, 3.05) is 25.0 Å². The van der Waals surface area contributed by atoms with Crippen LogP contribution < -0.4 is 5.32 Å². The topological polar surface area (TPSA) is 97.7 Å². The molecule has 174 valence electrons. The number of nitrogens with zero attached hydrogens (tertiary/aromatic N) is 2. The second-order valence-corrected chi connectivity index (χ2v) is 10.1. The number of rotatable bonds is 6. The van der Waals surface area contributed by atoms with E-state index in [9.17, 15) is 18.0 Å². The second kappa shape index (κ2) is 9.64. The summed E-state index contributed by atoms with van der Waals surface area (Å²) in [7, 11) is -2.21. The van der Waals surface area contributed by atoms with Crippen LogP contribution in [0, 0.1) is 19.8 Å². The summed E-state index contributed by atoms with van der Waals surface area (Å²) < 4.78 is 35.1. The number of benzene rings is 1. The summed E-state index contributed by atoms with van der Waals surface area (Å²) in [4.78, 5) is 25.1. The molecule has 1 saturated heterocycles. The van der Waals surface area contributed by atoms with Crippen LogP contribution >= 0.6 is 11.6 Å². The number of carbonyl (C=O) groups excluding carboxylic acids is 2. The highest BCUT2D eigenvalue weighted by Crippen LogP contribution is 2.32. The molecule has 1 aliphatic heterocycles. The van der Waals surface area contributed by atoms with Gasteiger partial charge in [-0.15, -0.1) is 0 Å². The minimum atomic E-state index is -3.94. The Balaban J connectivity index is 1.76. The van der Waals surface area contributed by atoms with Crippen molar-refractivity contribution in [3.8, 4) is 0 Å². The molecule has 0 spiro atoms. The van der Waals surface area contributed by atoms with Gasteiger partial charge in [-0.05, 0) is 57.9 Å². The molecule has 10 heteroatoms. The highest BCUT2D eigenvalue weighted by molar-refractivity contribution is 7.89. The minimum Gasteiger partial charge on any atom is -0.462 e. The van der Waals surface area contributed by atoms with Crippen LogP contribution in [0.4, 0.5) is 5.69 Å². The fraction of sp³-hybridized carbons (Fsp3) is 0.455. The normalized spacial score (nSPS) is 15.5. The number of hydrogen-bond acceptors (Lipinski definition) is 5. The van der Waals surface area contributed by atoms with Gasteiger partial charge >= 0.3 is 5.97 Å². The van der Waals surface area contributed by atoms with Crippen LogP contribution in [0.5, 0.6) is 0 Å². The second-order valence-electron chi connectivity index (χ2n) is 7.83. The van der Waals surface area contributed by atoms with Crippen LogP contribution in [-0.4, -0.2) is 48.9 Å². The Labute approximate surface area is 193 Å². The lowest BCUT2D eigenvalue weighted by Crippen LogP contribution is -2.41. The van der Waals surface area contributed by atoms with Crippen LogP contribution in [0.1, 0.15) is 41.5 Å². The summed E-state index contributed by atoms with van der Waals surface area (Å²) in [6.45, 7) is 5.59. The molecule has 1 N–H and O–H groups in total. The Morgan fingerprint density at radius 1 is 1.12 bits per heavy atom. The lowest BCUT2D eigenvalue weighted by molar-refractivity contribution is -0.120. The first-order valence-electron chi connectivity index (χ1n) is 10.5. The molecule has 2 aromatic rings. The predicted molar refractivity (Wildman–Crippen MR) is 122 cm³/mol. The predicted octanol–water partition coefficient (Wildman–Crippen LogP) is 3.51. The molecule has 1 aliphatic rings. The van der Waals surface area contributed by atoms with Gasteiger partial charge < -0.3 is 14.6 Å². The Kier molecular flexibility index (Phi) is 7.32. The van der Waals surface area contributed by atoms with Gasteiger partial charge in [0.1, 0.15) is 10.5 Å². The van der Waals surface area contributed by atoms with Gasteiger partial charge in [-0.3, -0.25) is 4.79 Å². The first kappa shape index (κ1) is 24.3. The van der Waals surface area contributed by atoms with Crippen molar-refractivity contribution >= 4 is 39.2 Å². The third kappa shape index (κ3) is 4.69. The molecule has 1 aromatic carbocycles. The summed E-state index contributed by atoms with van der Waals surface area (Å²) in [5, 5.41) is 3.43. The van der Waals surface area contributed by atoms with Gasteiger partial charge in [0.2, 0.25) is 15.9 Å². The Morgan fingerprint density at radius 3 is 2.28 bits per heavy atom. The Morgan fingerprint density at radius 2 is 1.72 bits per heavy atom. The van der Waals surface area contributed by atoms with Gasteiger partial charge in [0, 0.05) is 48.2 Å². The van der Waals surface area contributed by atoms with Crippen LogP contribution in [0.15, 0.2) is 29.2 Å². The summed E-state index contributed by atoms with van der Waals surface area (Å²) in [6.07, 6.45) is 0.774. The third-order valence-electron chi connectivity index (χ3n) is 5.94. The molecule has 1 aromatic heterocycles. The molecule has 32 heavy (non-hydrogen) atoms. The maximum Gasteiger partial charge on any atom is 0.341 e. The monoisotopic (exact) mass is 481 g/mol. The van der Waals surface area contributed by atoms with Crippen molar-refractivity contribution < 1.29 is 22.7 Å². The Bertz CT molecular complexity index is 1120. The van der Waals surface area contributed by atoms with E-state index in [1.807, 2.05) is 0 Å². The van der Waals surface area contributed by atoms with Crippen LogP contribution in [-0.2, 0) is 26.6 Å². The zero-order valence-corrected chi connectivity index (χ0v) is 20.2. The van der Waals surface area contributed by atoms with E-state index in [-0.39, 0.29) is 42.0 Å². The summed E-state index contributed by atoms with van der Waals surface area (Å²) >= 11 is 5.87. The van der Waals surface area contributed by atoms with Crippen molar-refractivity contribution in [1.29, 1.82) is 0 Å². The van der Waals surface area contributed by atoms with Gasteiger partial charge in [-0.1, -0.05) is 11.6 Å². The molecule has 0 bridgehead atoms. The molecule has 2 heterocycles. The third-order valence-corrected chi connectivity index (χ3v) is 8.25. The maximum atomic E-state index is 13.5. The van der Waals surface area contributed by atoms with Crippen molar-refractivity contribution in [2.24, 2.45) is 13.0 Å². The quantitative estimate of drug-likeness (QED) is 0.636. The fourth-order valence-electron chi connectivity index (χ4n) is 3.94. The number of hydrogen-bond donors (Lipinski definition) is 1. The average molecular weight is 482 g/mol. The first-order valence-corrected chi connectivity index (χ1v) is 12.3. The number of carbonyl (C=O) groups is 2. The number of sulfonamides is 1. The standard InChI is InChI=1S/C22H28ClN3O5S/c1-5-31-22(28)19-14(2)25(4)15(3)20(19)32(29,30)26-12-10-16(11-13-26)21(27)24-18-8-6-17(23)7-9-18/h6-9,16H,5,10-13H2,1-4H3,(H,24,27). The van der Waals surface area contributed by atoms with Crippen LogP contribution in [0.3, 0.4) is 0 Å². The van der Waals surface area contributed by atoms with E-state index in [1.165, 1.54) is 4.31 Å². The van der Waals surface area contributed by atoms with E-state index in [0.717, 1.165) is 0 Å². The number of esters is 1. The number of amides is 1. The SMILES string of the molecule is CCOC(=O)c1c(S(=O)(=O)N2CCC(C(=O)Nc3ccc(Cl)cc3)CC2)c(C)n(C)c1C. The molecule has 0 radical (unpaired) electrons. The van der Waals surface area contributed by atoms with E-state index < -0.39 is 16.0 Å². The van der Waals surface area contributed by atoms with Crippen molar-refractivity contribution in [3.05, 3.63) is 46.2 Å². The molecule has 0 saturated carbocycles.